The van der Waals surface area contributed by atoms with Gasteiger partial charge in [-0.25, -0.2) is 0 Å². The second-order valence-electron chi connectivity index (χ2n) is 6.80. The highest BCUT2D eigenvalue weighted by Gasteiger charge is 2.22. The third-order valence-corrected chi connectivity index (χ3v) is 5.19. The van der Waals surface area contributed by atoms with Crippen molar-refractivity contribution in [2.75, 3.05) is 16.8 Å². The largest absolute Gasteiger partial charge is 0.380 e. The molecule has 27 heavy (non-hydrogen) atoms. The van der Waals surface area contributed by atoms with Crippen LogP contribution in [0.4, 0.5) is 11.4 Å². The Labute approximate surface area is 163 Å². The van der Waals surface area contributed by atoms with E-state index in [4.69, 9.17) is 11.6 Å². The minimum atomic E-state index is 0.166. The van der Waals surface area contributed by atoms with Gasteiger partial charge in [0, 0.05) is 30.8 Å². The summed E-state index contributed by atoms with van der Waals surface area (Å²) in [6, 6.07) is 14.0. The zero-order valence-corrected chi connectivity index (χ0v) is 15.9. The number of carbonyl (C=O) groups excluding carboxylic acids is 1. The molecule has 2 aromatic carbocycles. The van der Waals surface area contributed by atoms with Gasteiger partial charge in [0.25, 0.3) is 0 Å². The van der Waals surface area contributed by atoms with Crippen LogP contribution in [0.5, 0.6) is 0 Å². The Hall–Kier alpha value is -2.79. The Kier molecular flexibility index (Phi) is 4.86. The van der Waals surface area contributed by atoms with Crippen molar-refractivity contribution in [2.24, 2.45) is 0 Å². The summed E-state index contributed by atoms with van der Waals surface area (Å²) in [6.45, 7) is 3.41. The number of aromatic nitrogens is 2. The van der Waals surface area contributed by atoms with Crippen LogP contribution in [-0.2, 0) is 11.3 Å². The Balaban J connectivity index is 1.53. The number of nitrogens with zero attached hydrogens (tertiary/aromatic N) is 2. The van der Waals surface area contributed by atoms with Crippen LogP contribution in [0.2, 0.25) is 5.02 Å². The number of nitrogens with one attached hydrogen (secondary N) is 2. The number of amides is 1. The third-order valence-electron chi connectivity index (χ3n) is 4.86. The van der Waals surface area contributed by atoms with Crippen LogP contribution in [0.25, 0.3) is 11.3 Å². The van der Waals surface area contributed by atoms with Crippen molar-refractivity contribution in [3.8, 4) is 11.3 Å². The summed E-state index contributed by atoms with van der Waals surface area (Å²) in [5, 5.41) is 11.3. The lowest BCUT2D eigenvalue weighted by molar-refractivity contribution is -0.117. The first-order chi connectivity index (χ1) is 13.1. The average molecular weight is 381 g/mol. The zero-order valence-electron chi connectivity index (χ0n) is 15.1. The lowest BCUT2D eigenvalue weighted by Gasteiger charge is -2.18. The van der Waals surface area contributed by atoms with E-state index in [2.05, 4.69) is 46.7 Å². The molecule has 3 aromatic rings. The highest BCUT2D eigenvalue weighted by molar-refractivity contribution is 6.33. The number of anilines is 2. The first-order valence-corrected chi connectivity index (χ1v) is 9.43. The highest BCUT2D eigenvalue weighted by atomic mass is 35.5. The lowest BCUT2D eigenvalue weighted by Crippen LogP contribution is -2.23. The van der Waals surface area contributed by atoms with Crippen LogP contribution in [-0.4, -0.2) is 22.6 Å². The molecule has 0 atom stereocenters. The van der Waals surface area contributed by atoms with Crippen LogP contribution >= 0.6 is 11.6 Å². The second-order valence-corrected chi connectivity index (χ2v) is 7.21. The maximum absolute atomic E-state index is 12.0. The molecule has 2 N–H and O–H groups in total. The number of rotatable bonds is 5. The molecule has 5 nitrogen and oxygen atoms in total. The number of hydrogen-bond donors (Lipinski definition) is 2. The van der Waals surface area contributed by atoms with Gasteiger partial charge in [-0.3, -0.25) is 9.89 Å². The van der Waals surface area contributed by atoms with Crippen molar-refractivity contribution in [3.05, 3.63) is 64.8 Å². The van der Waals surface area contributed by atoms with Crippen LogP contribution in [0.1, 0.15) is 24.0 Å². The molecule has 1 fully saturated rings. The summed E-state index contributed by atoms with van der Waals surface area (Å²) in [4.78, 5) is 13.8. The topological polar surface area (TPSA) is 61.0 Å². The molecule has 4 rings (SSSR count). The normalized spacial score (nSPS) is 14.0. The van der Waals surface area contributed by atoms with E-state index in [1.165, 1.54) is 5.56 Å². The van der Waals surface area contributed by atoms with Crippen molar-refractivity contribution in [1.29, 1.82) is 0 Å². The number of H-pyrrole nitrogens is 1. The number of carbonyl (C=O) groups is 1. The summed E-state index contributed by atoms with van der Waals surface area (Å²) in [5.41, 5.74) is 6.05. The molecule has 1 aromatic heterocycles. The predicted octanol–water partition coefficient (Wildman–Crippen LogP) is 4.78. The van der Waals surface area contributed by atoms with E-state index in [1.54, 1.807) is 0 Å². The molecule has 138 valence electrons. The summed E-state index contributed by atoms with van der Waals surface area (Å²) >= 11 is 6.36. The van der Waals surface area contributed by atoms with Gasteiger partial charge in [0.05, 0.1) is 22.6 Å². The standard InChI is InChI=1S/C21H21ClN4O/c1-14-4-6-15(7-5-14)21-16(13-24-25-21)12-23-19-11-17(8-9-18(19)22)26-10-2-3-20(26)27/h4-9,11,13,23H,2-3,10,12H2,1H3,(H,24,25). The van der Waals surface area contributed by atoms with E-state index >= 15 is 0 Å². The average Bonchev–Trinajstić information content (AvgIpc) is 3.31. The first kappa shape index (κ1) is 17.6. The van der Waals surface area contributed by atoms with E-state index in [0.717, 1.165) is 41.2 Å². The van der Waals surface area contributed by atoms with Crippen molar-refractivity contribution >= 4 is 28.9 Å². The van der Waals surface area contributed by atoms with Crippen LogP contribution in [0.3, 0.4) is 0 Å². The summed E-state index contributed by atoms with van der Waals surface area (Å²) in [5.74, 6) is 0.166. The van der Waals surface area contributed by atoms with Crippen LogP contribution < -0.4 is 10.2 Å². The molecule has 0 bridgehead atoms. The van der Waals surface area contributed by atoms with Gasteiger partial charge in [-0.15, -0.1) is 0 Å². The fourth-order valence-electron chi connectivity index (χ4n) is 3.34. The molecule has 1 amide bonds. The van der Waals surface area contributed by atoms with Crippen LogP contribution in [0, 0.1) is 6.92 Å². The molecule has 0 radical (unpaired) electrons. The monoisotopic (exact) mass is 380 g/mol. The Morgan fingerprint density at radius 3 is 2.78 bits per heavy atom. The number of hydrogen-bond acceptors (Lipinski definition) is 3. The molecular formula is C21H21ClN4O. The fraction of sp³-hybridized carbons (Fsp3) is 0.238. The maximum atomic E-state index is 12.0. The number of aromatic amines is 1. The number of halogens is 1. The van der Waals surface area contributed by atoms with Gasteiger partial charge in [-0.2, -0.15) is 5.10 Å². The molecule has 1 aliphatic rings. The molecule has 2 heterocycles. The number of benzene rings is 2. The van der Waals surface area contributed by atoms with E-state index in [1.807, 2.05) is 29.3 Å². The third kappa shape index (κ3) is 3.69. The maximum Gasteiger partial charge on any atom is 0.227 e. The number of aryl methyl sites for hydroxylation is 1. The molecule has 6 heteroatoms. The molecule has 0 spiro atoms. The Morgan fingerprint density at radius 2 is 2.04 bits per heavy atom. The van der Waals surface area contributed by atoms with Crippen molar-refractivity contribution < 1.29 is 4.79 Å². The van der Waals surface area contributed by atoms with E-state index in [9.17, 15) is 4.79 Å². The van der Waals surface area contributed by atoms with Crippen LogP contribution in [0.15, 0.2) is 48.7 Å². The van der Waals surface area contributed by atoms with Crippen molar-refractivity contribution in [2.45, 2.75) is 26.3 Å². The van der Waals surface area contributed by atoms with Gasteiger partial charge >= 0.3 is 0 Å². The summed E-state index contributed by atoms with van der Waals surface area (Å²) < 4.78 is 0. The molecule has 0 unspecified atom stereocenters. The minimum absolute atomic E-state index is 0.166. The van der Waals surface area contributed by atoms with Gasteiger partial charge in [0.1, 0.15) is 0 Å². The molecular weight excluding hydrogens is 360 g/mol. The molecule has 1 saturated heterocycles. The highest BCUT2D eigenvalue weighted by Crippen LogP contribution is 2.31. The van der Waals surface area contributed by atoms with Gasteiger partial charge in [0.15, 0.2) is 0 Å². The van der Waals surface area contributed by atoms with Crippen molar-refractivity contribution in [1.82, 2.24) is 10.2 Å². The predicted molar refractivity (Wildman–Crippen MR) is 109 cm³/mol. The summed E-state index contributed by atoms with van der Waals surface area (Å²) in [7, 11) is 0. The zero-order chi connectivity index (χ0) is 18.8. The van der Waals surface area contributed by atoms with Gasteiger partial charge in [-0.1, -0.05) is 41.4 Å². The summed E-state index contributed by atoms with van der Waals surface area (Å²) in [6.07, 6.45) is 3.34. The van der Waals surface area contributed by atoms with Gasteiger partial charge < -0.3 is 10.2 Å². The smallest absolute Gasteiger partial charge is 0.227 e. The lowest BCUT2D eigenvalue weighted by atomic mass is 10.1. The molecule has 1 aliphatic heterocycles. The van der Waals surface area contributed by atoms with E-state index in [-0.39, 0.29) is 5.91 Å². The molecule has 0 aliphatic carbocycles. The Morgan fingerprint density at radius 1 is 1.22 bits per heavy atom. The van der Waals surface area contributed by atoms with Gasteiger partial charge in [-0.05, 0) is 37.1 Å². The first-order valence-electron chi connectivity index (χ1n) is 9.05. The minimum Gasteiger partial charge on any atom is -0.380 e. The Bertz CT molecular complexity index is 965. The quantitative estimate of drug-likeness (QED) is 0.669. The van der Waals surface area contributed by atoms with Gasteiger partial charge in [0.2, 0.25) is 5.91 Å². The van der Waals surface area contributed by atoms with E-state index < -0.39 is 0 Å². The fourth-order valence-corrected chi connectivity index (χ4v) is 3.53. The van der Waals surface area contributed by atoms with Crippen molar-refractivity contribution in [3.63, 3.8) is 0 Å². The second kappa shape index (κ2) is 7.45. The van der Waals surface area contributed by atoms with E-state index in [0.29, 0.717) is 18.0 Å². The SMILES string of the molecule is Cc1ccc(-c2[nH]ncc2CNc2cc(N3CCCC3=O)ccc2Cl)cc1. The molecule has 0 saturated carbocycles.